The number of anilines is 1. The maximum Gasteiger partial charge on any atom is 0.335 e. The van der Waals surface area contributed by atoms with Crippen molar-refractivity contribution in [1.82, 2.24) is 9.38 Å². The molecule has 0 aliphatic rings. The molecule has 6 nitrogen and oxygen atoms in total. The van der Waals surface area contributed by atoms with Gasteiger partial charge in [0.15, 0.2) is 0 Å². The van der Waals surface area contributed by atoms with Crippen LogP contribution < -0.4 is 5.32 Å². The first-order chi connectivity index (χ1) is 14.8. The smallest absolute Gasteiger partial charge is 0.335 e. The van der Waals surface area contributed by atoms with Crippen molar-refractivity contribution in [2.24, 2.45) is 0 Å². The SMILES string of the molecule is Cc1ccc2nc(-c3ccc(F)c(C)c3)c(CC(=O)Nc3cccc(C(=O)O)c3)n2c1. The fourth-order valence-corrected chi connectivity index (χ4v) is 3.48. The standard InChI is InChI=1S/C24H20FN3O3/c1-14-6-9-21-27-23(16-7-8-19(25)15(2)10-16)20(28(21)13-14)12-22(29)26-18-5-3-4-17(11-18)24(30)31/h3-11,13H,12H2,1-2H3,(H,26,29)(H,30,31). The van der Waals surface area contributed by atoms with E-state index >= 15 is 0 Å². The van der Waals surface area contributed by atoms with Crippen molar-refractivity contribution in [2.75, 3.05) is 5.32 Å². The van der Waals surface area contributed by atoms with Crippen LogP contribution in [0.4, 0.5) is 10.1 Å². The molecule has 0 saturated carbocycles. The summed E-state index contributed by atoms with van der Waals surface area (Å²) < 4.78 is 15.6. The number of nitrogens with zero attached hydrogens (tertiary/aromatic N) is 2. The van der Waals surface area contributed by atoms with E-state index in [1.807, 2.05) is 29.7 Å². The van der Waals surface area contributed by atoms with Crippen molar-refractivity contribution in [1.29, 1.82) is 0 Å². The summed E-state index contributed by atoms with van der Waals surface area (Å²) >= 11 is 0. The van der Waals surface area contributed by atoms with Gasteiger partial charge < -0.3 is 14.8 Å². The van der Waals surface area contributed by atoms with Gasteiger partial charge in [0.05, 0.1) is 23.4 Å². The lowest BCUT2D eigenvalue weighted by atomic mass is 10.1. The number of nitrogens with one attached hydrogen (secondary N) is 1. The molecule has 0 radical (unpaired) electrons. The maximum atomic E-state index is 13.8. The summed E-state index contributed by atoms with van der Waals surface area (Å²) in [6.45, 7) is 3.63. The Hall–Kier alpha value is -4.00. The largest absolute Gasteiger partial charge is 0.478 e. The van der Waals surface area contributed by atoms with Gasteiger partial charge in [-0.3, -0.25) is 4.79 Å². The summed E-state index contributed by atoms with van der Waals surface area (Å²) in [4.78, 5) is 28.7. The van der Waals surface area contributed by atoms with Gasteiger partial charge in [0.2, 0.25) is 5.91 Å². The Morgan fingerprint density at radius 3 is 2.65 bits per heavy atom. The van der Waals surface area contributed by atoms with Crippen LogP contribution in [-0.4, -0.2) is 26.4 Å². The zero-order valence-corrected chi connectivity index (χ0v) is 17.0. The lowest BCUT2D eigenvalue weighted by Gasteiger charge is -2.09. The van der Waals surface area contributed by atoms with Gasteiger partial charge in [0.25, 0.3) is 0 Å². The quantitative estimate of drug-likeness (QED) is 0.496. The molecule has 0 spiro atoms. The predicted molar refractivity (Wildman–Crippen MR) is 116 cm³/mol. The molecule has 0 bridgehead atoms. The highest BCUT2D eigenvalue weighted by Crippen LogP contribution is 2.27. The van der Waals surface area contributed by atoms with Gasteiger partial charge in [-0.05, 0) is 67.4 Å². The molecular formula is C24H20FN3O3. The Morgan fingerprint density at radius 2 is 1.90 bits per heavy atom. The third kappa shape index (κ3) is 4.16. The zero-order chi connectivity index (χ0) is 22.1. The number of aromatic carboxylic acids is 1. The topological polar surface area (TPSA) is 83.7 Å². The van der Waals surface area contributed by atoms with Gasteiger partial charge in [-0.1, -0.05) is 12.1 Å². The van der Waals surface area contributed by atoms with Crippen molar-refractivity contribution in [3.63, 3.8) is 0 Å². The summed E-state index contributed by atoms with van der Waals surface area (Å²) in [7, 11) is 0. The molecule has 0 atom stereocenters. The van der Waals surface area contributed by atoms with Gasteiger partial charge in [-0.2, -0.15) is 0 Å². The molecule has 4 rings (SSSR count). The molecule has 2 aromatic carbocycles. The first-order valence-corrected chi connectivity index (χ1v) is 9.69. The second kappa shape index (κ2) is 8.02. The number of hydrogen-bond donors (Lipinski definition) is 2. The van der Waals surface area contributed by atoms with E-state index in [1.54, 1.807) is 31.2 Å². The van der Waals surface area contributed by atoms with Crippen LogP contribution in [0, 0.1) is 19.7 Å². The highest BCUT2D eigenvalue weighted by atomic mass is 19.1. The molecule has 156 valence electrons. The van der Waals surface area contributed by atoms with Gasteiger partial charge in [0.1, 0.15) is 11.5 Å². The fourth-order valence-electron chi connectivity index (χ4n) is 3.48. The molecular weight excluding hydrogens is 397 g/mol. The van der Waals surface area contributed by atoms with E-state index in [0.717, 1.165) is 11.1 Å². The molecule has 2 aromatic heterocycles. The first kappa shape index (κ1) is 20.3. The summed E-state index contributed by atoms with van der Waals surface area (Å²) in [5.74, 6) is -1.69. The summed E-state index contributed by atoms with van der Waals surface area (Å²) in [6.07, 6.45) is 1.91. The summed E-state index contributed by atoms with van der Waals surface area (Å²) in [5, 5.41) is 11.9. The number of imidazole rings is 1. The average Bonchev–Trinajstić information content (AvgIpc) is 3.07. The molecule has 31 heavy (non-hydrogen) atoms. The van der Waals surface area contributed by atoms with Crippen LogP contribution in [0.3, 0.4) is 0 Å². The number of carboxylic acid groups (broad SMARTS) is 1. The lowest BCUT2D eigenvalue weighted by Crippen LogP contribution is -2.16. The highest BCUT2D eigenvalue weighted by molar-refractivity contribution is 5.95. The number of pyridine rings is 1. The van der Waals surface area contributed by atoms with Gasteiger partial charge >= 0.3 is 5.97 Å². The van der Waals surface area contributed by atoms with Crippen molar-refractivity contribution < 1.29 is 19.1 Å². The van der Waals surface area contributed by atoms with Crippen LogP contribution in [-0.2, 0) is 11.2 Å². The zero-order valence-electron chi connectivity index (χ0n) is 17.0. The number of aryl methyl sites for hydroxylation is 2. The van der Waals surface area contributed by atoms with Crippen molar-refractivity contribution in [2.45, 2.75) is 20.3 Å². The van der Waals surface area contributed by atoms with E-state index < -0.39 is 5.97 Å². The number of halogens is 1. The van der Waals surface area contributed by atoms with E-state index in [4.69, 9.17) is 5.11 Å². The molecule has 2 heterocycles. The van der Waals surface area contributed by atoms with Gasteiger partial charge in [0, 0.05) is 17.4 Å². The number of amides is 1. The number of rotatable bonds is 5. The van der Waals surface area contributed by atoms with Crippen LogP contribution in [0.2, 0.25) is 0 Å². The van der Waals surface area contributed by atoms with E-state index in [0.29, 0.717) is 28.3 Å². The van der Waals surface area contributed by atoms with Gasteiger partial charge in [-0.15, -0.1) is 0 Å². The predicted octanol–water partition coefficient (Wildman–Crippen LogP) is 4.64. The molecule has 0 aliphatic heterocycles. The lowest BCUT2D eigenvalue weighted by molar-refractivity contribution is -0.115. The number of hydrogen-bond acceptors (Lipinski definition) is 3. The number of carbonyl (C=O) groups excluding carboxylic acids is 1. The van der Waals surface area contributed by atoms with Crippen LogP contribution in [0.15, 0.2) is 60.8 Å². The monoisotopic (exact) mass is 417 g/mol. The molecule has 1 amide bonds. The third-order valence-corrected chi connectivity index (χ3v) is 5.02. The van der Waals surface area contributed by atoms with E-state index in [-0.39, 0.29) is 23.7 Å². The van der Waals surface area contributed by atoms with Crippen LogP contribution >= 0.6 is 0 Å². The fraction of sp³-hybridized carbons (Fsp3) is 0.125. The molecule has 4 aromatic rings. The Labute approximate surface area is 178 Å². The van der Waals surface area contributed by atoms with E-state index in [9.17, 15) is 14.0 Å². The number of benzene rings is 2. The normalized spacial score (nSPS) is 10.9. The summed E-state index contributed by atoms with van der Waals surface area (Å²) in [6, 6.07) is 14.6. The van der Waals surface area contributed by atoms with Crippen molar-refractivity contribution in [3.05, 3.63) is 89.0 Å². The van der Waals surface area contributed by atoms with Crippen LogP contribution in [0.5, 0.6) is 0 Å². The Morgan fingerprint density at radius 1 is 1.10 bits per heavy atom. The molecule has 0 saturated heterocycles. The number of carbonyl (C=O) groups is 2. The molecule has 0 aliphatic carbocycles. The summed E-state index contributed by atoms with van der Waals surface area (Å²) in [5.41, 5.74) is 4.64. The third-order valence-electron chi connectivity index (χ3n) is 5.02. The Kier molecular flexibility index (Phi) is 5.25. The van der Waals surface area contributed by atoms with E-state index in [2.05, 4.69) is 10.3 Å². The Balaban J connectivity index is 1.72. The van der Waals surface area contributed by atoms with Gasteiger partial charge in [-0.25, -0.2) is 14.2 Å². The van der Waals surface area contributed by atoms with E-state index in [1.165, 1.54) is 18.2 Å². The minimum atomic E-state index is -1.07. The minimum Gasteiger partial charge on any atom is -0.478 e. The minimum absolute atomic E-state index is 0.00762. The second-order valence-corrected chi connectivity index (χ2v) is 7.42. The number of fused-ring (bicyclic) bond motifs is 1. The van der Waals surface area contributed by atoms with Crippen LogP contribution in [0.1, 0.15) is 27.2 Å². The van der Waals surface area contributed by atoms with Crippen molar-refractivity contribution >= 4 is 23.2 Å². The Bertz CT molecular complexity index is 1330. The van der Waals surface area contributed by atoms with Crippen LogP contribution in [0.25, 0.3) is 16.9 Å². The molecule has 0 fully saturated rings. The highest BCUT2D eigenvalue weighted by Gasteiger charge is 2.18. The average molecular weight is 417 g/mol. The molecule has 0 unspecified atom stereocenters. The number of carboxylic acids is 1. The molecule has 7 heteroatoms. The number of aromatic nitrogens is 2. The van der Waals surface area contributed by atoms with Crippen molar-refractivity contribution in [3.8, 4) is 11.3 Å². The molecule has 2 N–H and O–H groups in total. The first-order valence-electron chi connectivity index (χ1n) is 9.69. The maximum absolute atomic E-state index is 13.8. The second-order valence-electron chi connectivity index (χ2n) is 7.42.